The summed E-state index contributed by atoms with van der Waals surface area (Å²) < 4.78 is 1.07. The van der Waals surface area contributed by atoms with Gasteiger partial charge in [-0.2, -0.15) is 0 Å². The van der Waals surface area contributed by atoms with Crippen molar-refractivity contribution in [1.29, 1.82) is 0 Å². The second-order valence-electron chi connectivity index (χ2n) is 5.23. The maximum Gasteiger partial charge on any atom is 0.279 e. The summed E-state index contributed by atoms with van der Waals surface area (Å²) in [6, 6.07) is 17.7. The number of hydrogen-bond donors (Lipinski definition) is 0. The molecule has 4 aromatic rings. The van der Waals surface area contributed by atoms with Crippen molar-refractivity contribution in [1.82, 2.24) is 9.97 Å². The smallest absolute Gasteiger partial charge is 0.279 e. The number of carbonyl (C=O) groups excluding carboxylic acids is 1. The molecular formula is C18H13N3OS2. The molecule has 2 heterocycles. The van der Waals surface area contributed by atoms with Gasteiger partial charge in [0, 0.05) is 18.0 Å². The molecule has 0 N–H and O–H groups in total. The molecule has 6 heteroatoms. The fraction of sp³-hybridized carbons (Fsp3) is 0.0556. The number of nitrogens with zero attached hydrogens (tertiary/aromatic N) is 3. The summed E-state index contributed by atoms with van der Waals surface area (Å²) in [6.07, 6.45) is 0. The number of thiazole rings is 2. The number of benzene rings is 2. The van der Waals surface area contributed by atoms with Gasteiger partial charge in [0.05, 0.1) is 10.2 Å². The molecule has 0 radical (unpaired) electrons. The fourth-order valence-corrected chi connectivity index (χ4v) is 4.07. The number of aromatic nitrogens is 2. The van der Waals surface area contributed by atoms with E-state index in [-0.39, 0.29) is 5.91 Å². The average molecular weight is 351 g/mol. The molecule has 0 saturated heterocycles. The van der Waals surface area contributed by atoms with E-state index in [4.69, 9.17) is 0 Å². The van der Waals surface area contributed by atoms with Crippen molar-refractivity contribution in [3.05, 3.63) is 65.7 Å². The Bertz CT molecular complexity index is 974. The van der Waals surface area contributed by atoms with Gasteiger partial charge in [-0.05, 0) is 12.1 Å². The Kier molecular flexibility index (Phi) is 3.84. The Balaban J connectivity index is 1.62. The molecule has 2 aromatic heterocycles. The molecule has 0 aliphatic heterocycles. The van der Waals surface area contributed by atoms with Gasteiger partial charge in [0.15, 0.2) is 5.13 Å². The van der Waals surface area contributed by atoms with E-state index in [1.807, 2.05) is 54.6 Å². The maximum absolute atomic E-state index is 12.7. The maximum atomic E-state index is 12.7. The van der Waals surface area contributed by atoms with Crippen LogP contribution in [0.3, 0.4) is 0 Å². The molecule has 0 aliphatic rings. The van der Waals surface area contributed by atoms with Gasteiger partial charge in [-0.1, -0.05) is 53.8 Å². The number of amides is 1. The Labute approximate surface area is 147 Å². The average Bonchev–Trinajstić information content (AvgIpc) is 3.28. The molecule has 0 bridgehead atoms. The first kappa shape index (κ1) is 15.0. The number of rotatable bonds is 3. The largest absolute Gasteiger partial charge is 0.286 e. The second-order valence-corrected chi connectivity index (χ2v) is 7.10. The molecule has 24 heavy (non-hydrogen) atoms. The standard InChI is InChI=1S/C18H13N3OS2/c1-21(18-20-13-9-5-6-10-15(13)24-18)17(22)14-11-23-16(19-14)12-7-3-2-4-8-12/h2-11H,1H3. The molecule has 4 rings (SSSR count). The van der Waals surface area contributed by atoms with Crippen molar-refractivity contribution in [2.24, 2.45) is 0 Å². The van der Waals surface area contributed by atoms with Crippen LogP contribution in [0.15, 0.2) is 60.0 Å². The van der Waals surface area contributed by atoms with Crippen molar-refractivity contribution in [2.45, 2.75) is 0 Å². The van der Waals surface area contributed by atoms with E-state index in [9.17, 15) is 4.79 Å². The van der Waals surface area contributed by atoms with Gasteiger partial charge in [-0.15, -0.1) is 11.3 Å². The minimum absolute atomic E-state index is 0.146. The fourth-order valence-electron chi connectivity index (χ4n) is 2.35. The minimum atomic E-state index is -0.146. The summed E-state index contributed by atoms with van der Waals surface area (Å²) in [5, 5.41) is 3.32. The minimum Gasteiger partial charge on any atom is -0.286 e. The van der Waals surface area contributed by atoms with Crippen LogP contribution in [0.2, 0.25) is 0 Å². The van der Waals surface area contributed by atoms with E-state index in [2.05, 4.69) is 9.97 Å². The van der Waals surface area contributed by atoms with Gasteiger partial charge in [-0.3, -0.25) is 9.69 Å². The van der Waals surface area contributed by atoms with Crippen molar-refractivity contribution in [3.8, 4) is 10.6 Å². The van der Waals surface area contributed by atoms with E-state index in [1.165, 1.54) is 22.7 Å². The highest BCUT2D eigenvalue weighted by Crippen LogP contribution is 2.29. The van der Waals surface area contributed by atoms with E-state index in [1.54, 1.807) is 17.3 Å². The van der Waals surface area contributed by atoms with Gasteiger partial charge in [0.25, 0.3) is 5.91 Å². The molecule has 0 aliphatic carbocycles. The molecule has 0 spiro atoms. The molecule has 0 fully saturated rings. The van der Waals surface area contributed by atoms with Crippen molar-refractivity contribution < 1.29 is 4.79 Å². The molecule has 2 aromatic carbocycles. The van der Waals surface area contributed by atoms with Crippen LogP contribution in [0.25, 0.3) is 20.8 Å². The highest BCUT2D eigenvalue weighted by Gasteiger charge is 2.20. The summed E-state index contributed by atoms with van der Waals surface area (Å²) in [6.45, 7) is 0. The summed E-state index contributed by atoms with van der Waals surface area (Å²) in [5.74, 6) is -0.146. The normalized spacial score (nSPS) is 10.9. The summed E-state index contributed by atoms with van der Waals surface area (Å²) in [7, 11) is 1.74. The van der Waals surface area contributed by atoms with Gasteiger partial charge < -0.3 is 0 Å². The summed E-state index contributed by atoms with van der Waals surface area (Å²) >= 11 is 2.97. The van der Waals surface area contributed by atoms with Gasteiger partial charge in [-0.25, -0.2) is 9.97 Å². The topological polar surface area (TPSA) is 46.1 Å². The number of carbonyl (C=O) groups is 1. The molecule has 0 unspecified atom stereocenters. The summed E-state index contributed by atoms with van der Waals surface area (Å²) in [5.41, 5.74) is 2.37. The monoisotopic (exact) mass is 351 g/mol. The van der Waals surface area contributed by atoms with Crippen LogP contribution in [0.5, 0.6) is 0 Å². The van der Waals surface area contributed by atoms with Crippen LogP contribution in [-0.4, -0.2) is 22.9 Å². The highest BCUT2D eigenvalue weighted by atomic mass is 32.1. The SMILES string of the molecule is CN(C(=O)c1csc(-c2ccccc2)n1)c1nc2ccccc2s1. The van der Waals surface area contributed by atoms with E-state index >= 15 is 0 Å². The lowest BCUT2D eigenvalue weighted by atomic mass is 10.2. The van der Waals surface area contributed by atoms with Crippen molar-refractivity contribution in [2.75, 3.05) is 11.9 Å². The number of anilines is 1. The van der Waals surface area contributed by atoms with Crippen LogP contribution < -0.4 is 4.90 Å². The highest BCUT2D eigenvalue weighted by molar-refractivity contribution is 7.22. The van der Waals surface area contributed by atoms with Gasteiger partial charge in [0.1, 0.15) is 10.7 Å². The lowest BCUT2D eigenvalue weighted by Crippen LogP contribution is -2.26. The third-order valence-corrected chi connectivity index (χ3v) is 5.62. The predicted molar refractivity (Wildman–Crippen MR) is 99.9 cm³/mol. The molecule has 0 atom stereocenters. The van der Waals surface area contributed by atoms with Crippen LogP contribution in [0.4, 0.5) is 5.13 Å². The number of para-hydroxylation sites is 1. The molecular weight excluding hydrogens is 338 g/mol. The van der Waals surface area contributed by atoms with Crippen LogP contribution in [0, 0.1) is 0 Å². The van der Waals surface area contributed by atoms with E-state index < -0.39 is 0 Å². The zero-order valence-corrected chi connectivity index (χ0v) is 14.5. The second kappa shape index (κ2) is 6.14. The number of fused-ring (bicyclic) bond motifs is 1. The zero-order chi connectivity index (χ0) is 16.5. The Morgan fingerprint density at radius 1 is 1.00 bits per heavy atom. The molecule has 1 amide bonds. The Morgan fingerprint density at radius 2 is 1.75 bits per heavy atom. The lowest BCUT2D eigenvalue weighted by molar-refractivity contribution is 0.0989. The van der Waals surface area contributed by atoms with E-state index in [0.717, 1.165) is 20.8 Å². The van der Waals surface area contributed by atoms with E-state index in [0.29, 0.717) is 10.8 Å². The molecule has 0 saturated carbocycles. The molecule has 4 nitrogen and oxygen atoms in total. The first-order valence-corrected chi connectivity index (χ1v) is 9.06. The predicted octanol–water partition coefficient (Wildman–Crippen LogP) is 4.70. The van der Waals surface area contributed by atoms with Crippen LogP contribution >= 0.6 is 22.7 Å². The Morgan fingerprint density at radius 3 is 2.54 bits per heavy atom. The van der Waals surface area contributed by atoms with Crippen LogP contribution in [0.1, 0.15) is 10.5 Å². The number of hydrogen-bond acceptors (Lipinski definition) is 5. The molecule has 118 valence electrons. The first-order chi connectivity index (χ1) is 11.7. The first-order valence-electron chi connectivity index (χ1n) is 7.37. The third-order valence-electron chi connectivity index (χ3n) is 3.62. The van der Waals surface area contributed by atoms with Gasteiger partial charge >= 0.3 is 0 Å². The van der Waals surface area contributed by atoms with Crippen LogP contribution in [-0.2, 0) is 0 Å². The third kappa shape index (κ3) is 2.70. The summed E-state index contributed by atoms with van der Waals surface area (Å²) in [4.78, 5) is 23.3. The van der Waals surface area contributed by atoms with Gasteiger partial charge in [0.2, 0.25) is 0 Å². The van der Waals surface area contributed by atoms with Crippen molar-refractivity contribution >= 4 is 43.9 Å². The lowest BCUT2D eigenvalue weighted by Gasteiger charge is -2.11. The quantitative estimate of drug-likeness (QED) is 0.538. The zero-order valence-electron chi connectivity index (χ0n) is 12.8. The van der Waals surface area contributed by atoms with Crippen molar-refractivity contribution in [3.63, 3.8) is 0 Å². The Hall–Kier alpha value is -2.57.